The highest BCUT2D eigenvalue weighted by Gasteiger charge is 2.35. The van der Waals surface area contributed by atoms with E-state index in [1.54, 1.807) is 30.3 Å². The van der Waals surface area contributed by atoms with Gasteiger partial charge in [0.25, 0.3) is 16.8 Å². The zero-order valence-corrected chi connectivity index (χ0v) is 17.8. The number of nitro groups is 1. The number of furan rings is 1. The molecule has 8 nitrogen and oxygen atoms in total. The average molecular weight is 450 g/mol. The van der Waals surface area contributed by atoms with Crippen LogP contribution in [0.2, 0.25) is 0 Å². The number of nitrogens with zero attached hydrogens (tertiary/aromatic N) is 2. The molecular weight excluding hydrogens is 432 g/mol. The van der Waals surface area contributed by atoms with Gasteiger partial charge in [-0.3, -0.25) is 24.6 Å². The standard InChI is InChI=1S/C23H18N2O6S/c1-15-6-8-16(9-7-15)30-13-12-24-22(26)21(32-23(24)27)14-17-10-11-20(31-17)18-4-2-3-5-19(18)25(28)29/h2-11,14H,12-13H2,1H3. The van der Waals surface area contributed by atoms with Crippen LogP contribution in [0.4, 0.5) is 10.5 Å². The van der Waals surface area contributed by atoms with Gasteiger partial charge in [-0.1, -0.05) is 29.8 Å². The first-order valence-electron chi connectivity index (χ1n) is 9.71. The lowest BCUT2D eigenvalue weighted by molar-refractivity contribution is -0.384. The second kappa shape index (κ2) is 9.11. The highest BCUT2D eigenvalue weighted by Crippen LogP contribution is 2.35. The Balaban J connectivity index is 1.44. The molecule has 1 fully saturated rings. The monoisotopic (exact) mass is 450 g/mol. The zero-order valence-electron chi connectivity index (χ0n) is 17.0. The van der Waals surface area contributed by atoms with Crippen molar-refractivity contribution in [3.63, 3.8) is 0 Å². The predicted molar refractivity (Wildman–Crippen MR) is 120 cm³/mol. The lowest BCUT2D eigenvalue weighted by Crippen LogP contribution is -2.32. The molecular formula is C23H18N2O6S. The van der Waals surface area contributed by atoms with Crippen LogP contribution in [0.25, 0.3) is 17.4 Å². The molecule has 4 rings (SSSR count). The number of para-hydroxylation sites is 1. The molecule has 0 saturated carbocycles. The van der Waals surface area contributed by atoms with E-state index in [-0.39, 0.29) is 29.0 Å². The SMILES string of the molecule is Cc1ccc(OCCN2C(=O)SC(=Cc3ccc(-c4ccccc4[N+](=O)[O-])o3)C2=O)cc1. The predicted octanol–water partition coefficient (Wildman–Crippen LogP) is 5.28. The van der Waals surface area contributed by atoms with Crippen molar-refractivity contribution in [1.82, 2.24) is 4.90 Å². The van der Waals surface area contributed by atoms with Crippen molar-refractivity contribution in [2.45, 2.75) is 6.92 Å². The van der Waals surface area contributed by atoms with Crippen molar-refractivity contribution in [2.75, 3.05) is 13.2 Å². The Kier molecular flexibility index (Phi) is 6.09. The minimum Gasteiger partial charge on any atom is -0.492 e. The first-order valence-corrected chi connectivity index (χ1v) is 10.5. The van der Waals surface area contributed by atoms with Gasteiger partial charge >= 0.3 is 0 Å². The number of hydrogen-bond acceptors (Lipinski definition) is 7. The molecule has 0 unspecified atom stereocenters. The number of hydrogen-bond donors (Lipinski definition) is 0. The molecule has 0 atom stereocenters. The Morgan fingerprint density at radius 2 is 1.84 bits per heavy atom. The van der Waals surface area contributed by atoms with Gasteiger partial charge in [-0.15, -0.1) is 0 Å². The number of carbonyl (C=O) groups is 2. The normalized spacial score (nSPS) is 14.9. The molecule has 32 heavy (non-hydrogen) atoms. The number of nitro benzene ring substituents is 1. The maximum atomic E-state index is 12.7. The molecule has 0 bridgehead atoms. The number of amides is 2. The Morgan fingerprint density at radius 1 is 1.09 bits per heavy atom. The molecule has 1 aliphatic heterocycles. The molecule has 2 heterocycles. The summed E-state index contributed by atoms with van der Waals surface area (Å²) in [5.41, 5.74) is 1.36. The Hall–Kier alpha value is -3.85. The summed E-state index contributed by atoms with van der Waals surface area (Å²) in [7, 11) is 0. The van der Waals surface area contributed by atoms with Crippen molar-refractivity contribution in [3.05, 3.63) is 87.0 Å². The van der Waals surface area contributed by atoms with Gasteiger partial charge < -0.3 is 9.15 Å². The van der Waals surface area contributed by atoms with Crippen LogP contribution in [0.5, 0.6) is 5.75 Å². The van der Waals surface area contributed by atoms with Crippen LogP contribution in [0, 0.1) is 17.0 Å². The van der Waals surface area contributed by atoms with Gasteiger partial charge in [-0.2, -0.15) is 0 Å². The second-order valence-electron chi connectivity index (χ2n) is 6.97. The number of carbonyl (C=O) groups excluding carboxylic acids is 2. The van der Waals surface area contributed by atoms with Crippen LogP contribution in [-0.2, 0) is 4.79 Å². The molecule has 2 aromatic carbocycles. The summed E-state index contributed by atoms with van der Waals surface area (Å²) < 4.78 is 11.3. The van der Waals surface area contributed by atoms with Crippen molar-refractivity contribution in [3.8, 4) is 17.1 Å². The third-order valence-corrected chi connectivity index (χ3v) is 5.65. The number of aryl methyl sites for hydroxylation is 1. The minimum absolute atomic E-state index is 0.0812. The van der Waals surface area contributed by atoms with E-state index in [2.05, 4.69) is 0 Å². The fraction of sp³-hybridized carbons (Fsp3) is 0.130. The summed E-state index contributed by atoms with van der Waals surface area (Å²) in [6.07, 6.45) is 1.46. The van der Waals surface area contributed by atoms with Crippen molar-refractivity contribution in [1.29, 1.82) is 0 Å². The number of imide groups is 1. The number of benzene rings is 2. The highest BCUT2D eigenvalue weighted by molar-refractivity contribution is 8.18. The summed E-state index contributed by atoms with van der Waals surface area (Å²) in [6, 6.07) is 16.9. The van der Waals surface area contributed by atoms with Crippen molar-refractivity contribution < 1.29 is 23.7 Å². The highest BCUT2D eigenvalue weighted by atomic mass is 32.2. The first kappa shape index (κ1) is 21.4. The summed E-state index contributed by atoms with van der Waals surface area (Å²) in [4.78, 5) is 37.0. The quantitative estimate of drug-likeness (QED) is 0.274. The summed E-state index contributed by atoms with van der Waals surface area (Å²) in [6.45, 7) is 2.27. The number of ether oxygens (including phenoxy) is 1. The topological polar surface area (TPSA) is 103 Å². The van der Waals surface area contributed by atoms with E-state index in [0.717, 1.165) is 22.2 Å². The van der Waals surface area contributed by atoms with Crippen LogP contribution in [-0.4, -0.2) is 34.1 Å². The van der Waals surface area contributed by atoms with E-state index in [1.165, 1.54) is 12.1 Å². The van der Waals surface area contributed by atoms with E-state index in [1.807, 2.05) is 31.2 Å². The third-order valence-electron chi connectivity index (χ3n) is 4.74. The molecule has 0 aliphatic carbocycles. The van der Waals surface area contributed by atoms with Crippen LogP contribution in [0.1, 0.15) is 11.3 Å². The molecule has 1 aliphatic rings. The van der Waals surface area contributed by atoms with Crippen LogP contribution in [0.15, 0.2) is 70.0 Å². The van der Waals surface area contributed by atoms with E-state index in [4.69, 9.17) is 9.15 Å². The molecule has 1 saturated heterocycles. The molecule has 3 aromatic rings. The fourth-order valence-electron chi connectivity index (χ4n) is 3.13. The van der Waals surface area contributed by atoms with Gasteiger partial charge in [0.2, 0.25) is 0 Å². The van der Waals surface area contributed by atoms with Gasteiger partial charge in [0.15, 0.2) is 0 Å². The van der Waals surface area contributed by atoms with Gasteiger partial charge in [0, 0.05) is 12.1 Å². The lowest BCUT2D eigenvalue weighted by atomic mass is 10.1. The van der Waals surface area contributed by atoms with Crippen molar-refractivity contribution >= 4 is 34.7 Å². The fourth-order valence-corrected chi connectivity index (χ4v) is 3.97. The Bertz CT molecular complexity index is 1220. The van der Waals surface area contributed by atoms with Crippen molar-refractivity contribution in [2.24, 2.45) is 0 Å². The van der Waals surface area contributed by atoms with Gasteiger partial charge in [0.1, 0.15) is 23.9 Å². The second-order valence-corrected chi connectivity index (χ2v) is 7.96. The molecule has 9 heteroatoms. The molecule has 0 N–H and O–H groups in total. The van der Waals surface area contributed by atoms with Crippen LogP contribution < -0.4 is 4.74 Å². The minimum atomic E-state index is -0.485. The Labute approximate surface area is 187 Å². The first-order chi connectivity index (χ1) is 15.4. The van der Waals surface area contributed by atoms with E-state index < -0.39 is 10.8 Å². The lowest BCUT2D eigenvalue weighted by Gasteiger charge is -2.13. The van der Waals surface area contributed by atoms with E-state index >= 15 is 0 Å². The maximum Gasteiger partial charge on any atom is 0.293 e. The summed E-state index contributed by atoms with van der Waals surface area (Å²) in [5.74, 6) is 0.848. The zero-order chi connectivity index (χ0) is 22.7. The van der Waals surface area contributed by atoms with Gasteiger partial charge in [-0.05, 0) is 49.0 Å². The maximum absolute atomic E-state index is 12.7. The summed E-state index contributed by atoms with van der Waals surface area (Å²) in [5, 5.41) is 10.8. The van der Waals surface area contributed by atoms with E-state index in [0.29, 0.717) is 22.8 Å². The Morgan fingerprint density at radius 3 is 2.59 bits per heavy atom. The van der Waals surface area contributed by atoms with E-state index in [9.17, 15) is 19.7 Å². The molecule has 162 valence electrons. The van der Waals surface area contributed by atoms with Crippen LogP contribution in [0.3, 0.4) is 0 Å². The van der Waals surface area contributed by atoms with Gasteiger partial charge in [-0.25, -0.2) is 0 Å². The average Bonchev–Trinajstić information content (AvgIpc) is 3.35. The molecule has 0 radical (unpaired) electrons. The molecule has 1 aromatic heterocycles. The third kappa shape index (κ3) is 4.57. The van der Waals surface area contributed by atoms with Gasteiger partial charge in [0.05, 0.1) is 21.9 Å². The van der Waals surface area contributed by atoms with Crippen LogP contribution >= 0.6 is 11.8 Å². The largest absolute Gasteiger partial charge is 0.492 e. The number of rotatable bonds is 7. The summed E-state index contributed by atoms with van der Waals surface area (Å²) >= 11 is 0.813. The molecule has 0 spiro atoms. The molecule has 2 amide bonds. The smallest absolute Gasteiger partial charge is 0.293 e. The number of thioether (sulfide) groups is 1.